The minimum atomic E-state index is -0.655. The monoisotopic (exact) mass is 428 g/mol. The molecule has 3 aliphatic heterocycles. The summed E-state index contributed by atoms with van der Waals surface area (Å²) in [5.74, 6) is 0.355. The fourth-order valence-corrected chi connectivity index (χ4v) is 5.38. The number of rotatable bonds is 7. The van der Waals surface area contributed by atoms with E-state index in [2.05, 4.69) is 23.7 Å². The molecule has 0 saturated carbocycles. The summed E-state index contributed by atoms with van der Waals surface area (Å²) < 4.78 is 5.52. The van der Waals surface area contributed by atoms with Crippen molar-refractivity contribution >= 4 is 11.9 Å². The van der Waals surface area contributed by atoms with Crippen LogP contribution >= 0.6 is 0 Å². The molecule has 0 N–H and O–H groups in total. The van der Waals surface area contributed by atoms with Gasteiger partial charge in [-0.25, -0.2) is 4.79 Å². The molecule has 0 aromatic carbocycles. The fourth-order valence-electron chi connectivity index (χ4n) is 5.38. The van der Waals surface area contributed by atoms with Gasteiger partial charge >= 0.3 is 6.03 Å². The lowest BCUT2D eigenvalue weighted by atomic mass is 9.84. The molecule has 3 amide bonds. The Morgan fingerprint density at radius 3 is 2.58 bits per heavy atom. The van der Waals surface area contributed by atoms with Crippen molar-refractivity contribution in [1.29, 1.82) is 0 Å². The number of hydrogen-bond acceptors (Lipinski definition) is 5. The SMILES string of the molecule is CC(C)CN1C(=O)N(CCCc2cccnc2)C(=O)C12CCN(C1CCOCC1)CC2. The van der Waals surface area contributed by atoms with E-state index >= 15 is 0 Å². The summed E-state index contributed by atoms with van der Waals surface area (Å²) in [5, 5.41) is 0. The van der Waals surface area contributed by atoms with Crippen LogP contribution in [0, 0.1) is 5.92 Å². The highest BCUT2D eigenvalue weighted by Gasteiger charge is 2.57. The van der Waals surface area contributed by atoms with Crippen LogP contribution in [0.15, 0.2) is 24.5 Å². The van der Waals surface area contributed by atoms with Crippen molar-refractivity contribution in [3.05, 3.63) is 30.1 Å². The fraction of sp³-hybridized carbons (Fsp3) is 0.708. The number of urea groups is 1. The first-order valence-corrected chi connectivity index (χ1v) is 11.9. The Morgan fingerprint density at radius 2 is 1.94 bits per heavy atom. The number of ether oxygens (including phenoxy) is 1. The highest BCUT2D eigenvalue weighted by molar-refractivity contribution is 6.07. The van der Waals surface area contributed by atoms with E-state index in [0.717, 1.165) is 70.4 Å². The Balaban J connectivity index is 1.43. The highest BCUT2D eigenvalue weighted by atomic mass is 16.5. The number of amides is 3. The van der Waals surface area contributed by atoms with Gasteiger partial charge in [0, 0.05) is 57.8 Å². The molecule has 0 aliphatic carbocycles. The van der Waals surface area contributed by atoms with Gasteiger partial charge in [0.05, 0.1) is 0 Å². The summed E-state index contributed by atoms with van der Waals surface area (Å²) in [6.07, 6.45) is 8.81. The number of imide groups is 1. The summed E-state index contributed by atoms with van der Waals surface area (Å²) in [5.41, 5.74) is 0.484. The predicted octanol–water partition coefficient (Wildman–Crippen LogP) is 2.95. The molecule has 3 aliphatic rings. The van der Waals surface area contributed by atoms with Gasteiger partial charge in [-0.1, -0.05) is 19.9 Å². The number of likely N-dealkylation sites (tertiary alicyclic amines) is 1. The summed E-state index contributed by atoms with van der Waals surface area (Å²) in [7, 11) is 0. The molecular weight excluding hydrogens is 392 g/mol. The highest BCUT2D eigenvalue weighted by Crippen LogP contribution is 2.39. The topological polar surface area (TPSA) is 66.0 Å². The molecule has 7 nitrogen and oxygen atoms in total. The van der Waals surface area contributed by atoms with Gasteiger partial charge < -0.3 is 14.5 Å². The molecule has 4 heterocycles. The van der Waals surface area contributed by atoms with Crippen LogP contribution in [0.2, 0.25) is 0 Å². The van der Waals surface area contributed by atoms with Crippen molar-refractivity contribution in [3.8, 4) is 0 Å². The molecule has 3 saturated heterocycles. The van der Waals surface area contributed by atoms with Gasteiger partial charge in [-0.3, -0.25) is 14.7 Å². The number of pyridine rings is 1. The third-order valence-electron chi connectivity index (χ3n) is 7.07. The van der Waals surface area contributed by atoms with E-state index in [1.165, 1.54) is 4.90 Å². The minimum absolute atomic E-state index is 0.0240. The minimum Gasteiger partial charge on any atom is -0.381 e. The maximum Gasteiger partial charge on any atom is 0.327 e. The summed E-state index contributed by atoms with van der Waals surface area (Å²) in [6, 6.07) is 4.42. The van der Waals surface area contributed by atoms with Gasteiger partial charge in [-0.05, 0) is 56.1 Å². The first-order valence-electron chi connectivity index (χ1n) is 11.9. The summed E-state index contributed by atoms with van der Waals surface area (Å²) >= 11 is 0. The molecule has 0 unspecified atom stereocenters. The molecule has 1 aromatic heterocycles. The van der Waals surface area contributed by atoms with E-state index in [-0.39, 0.29) is 11.9 Å². The van der Waals surface area contributed by atoms with E-state index in [1.807, 2.05) is 23.2 Å². The molecule has 7 heteroatoms. The number of carbonyl (C=O) groups is 2. The third kappa shape index (κ3) is 4.62. The number of carbonyl (C=O) groups excluding carboxylic acids is 2. The van der Waals surface area contributed by atoms with Crippen LogP contribution < -0.4 is 0 Å². The second-order valence-electron chi connectivity index (χ2n) is 9.62. The second-order valence-corrected chi connectivity index (χ2v) is 9.62. The Labute approximate surface area is 185 Å². The van der Waals surface area contributed by atoms with E-state index in [0.29, 0.717) is 25.0 Å². The van der Waals surface area contributed by atoms with Gasteiger partial charge in [0.1, 0.15) is 5.54 Å². The molecule has 31 heavy (non-hydrogen) atoms. The Hall–Kier alpha value is -1.99. The molecule has 1 aromatic rings. The lowest BCUT2D eigenvalue weighted by Crippen LogP contribution is -2.59. The van der Waals surface area contributed by atoms with Crippen LogP contribution in [-0.4, -0.2) is 82.6 Å². The summed E-state index contributed by atoms with van der Waals surface area (Å²) in [6.45, 7) is 8.76. The number of hydrogen-bond donors (Lipinski definition) is 0. The lowest BCUT2D eigenvalue weighted by molar-refractivity contribution is -0.136. The lowest BCUT2D eigenvalue weighted by Gasteiger charge is -2.45. The maximum absolute atomic E-state index is 13.6. The van der Waals surface area contributed by atoms with Crippen LogP contribution in [-0.2, 0) is 16.0 Å². The Bertz CT molecular complexity index is 755. The molecule has 170 valence electrons. The maximum atomic E-state index is 13.6. The van der Waals surface area contributed by atoms with Crippen LogP contribution in [0.4, 0.5) is 4.79 Å². The first kappa shape index (κ1) is 22.2. The molecule has 3 fully saturated rings. The predicted molar refractivity (Wildman–Crippen MR) is 119 cm³/mol. The molecule has 0 bridgehead atoms. The van der Waals surface area contributed by atoms with Crippen molar-refractivity contribution < 1.29 is 14.3 Å². The van der Waals surface area contributed by atoms with Gasteiger partial charge in [0.15, 0.2) is 0 Å². The zero-order valence-electron chi connectivity index (χ0n) is 19.0. The smallest absolute Gasteiger partial charge is 0.327 e. The Kier molecular flexibility index (Phi) is 6.92. The average molecular weight is 429 g/mol. The first-order chi connectivity index (χ1) is 15.0. The van der Waals surface area contributed by atoms with Gasteiger partial charge in [-0.15, -0.1) is 0 Å². The van der Waals surface area contributed by atoms with E-state index in [1.54, 1.807) is 6.20 Å². The normalized spacial score (nSPS) is 22.8. The van der Waals surface area contributed by atoms with Gasteiger partial charge in [0.25, 0.3) is 5.91 Å². The Morgan fingerprint density at radius 1 is 1.19 bits per heavy atom. The van der Waals surface area contributed by atoms with Crippen molar-refractivity contribution in [2.75, 3.05) is 39.4 Å². The average Bonchev–Trinajstić information content (AvgIpc) is 2.97. The van der Waals surface area contributed by atoms with Crippen molar-refractivity contribution in [1.82, 2.24) is 19.7 Å². The van der Waals surface area contributed by atoms with Crippen LogP contribution in [0.5, 0.6) is 0 Å². The van der Waals surface area contributed by atoms with Crippen LogP contribution in [0.3, 0.4) is 0 Å². The standard InChI is InChI=1S/C24H36N4O3/c1-19(2)18-28-23(30)27(12-4-6-20-5-3-11-25-17-20)22(29)24(28)9-13-26(14-10-24)21-7-15-31-16-8-21/h3,5,11,17,19,21H,4,6-10,12-16,18H2,1-2H3. The largest absolute Gasteiger partial charge is 0.381 e. The van der Waals surface area contributed by atoms with Gasteiger partial charge in [-0.2, -0.15) is 0 Å². The van der Waals surface area contributed by atoms with Crippen molar-refractivity contribution in [2.45, 2.75) is 64.0 Å². The molecule has 1 spiro atoms. The zero-order valence-corrected chi connectivity index (χ0v) is 19.0. The van der Waals surface area contributed by atoms with Crippen molar-refractivity contribution in [2.24, 2.45) is 5.92 Å². The summed E-state index contributed by atoms with van der Waals surface area (Å²) in [4.78, 5) is 37.1. The van der Waals surface area contributed by atoms with Crippen molar-refractivity contribution in [3.63, 3.8) is 0 Å². The van der Waals surface area contributed by atoms with E-state index < -0.39 is 5.54 Å². The number of nitrogens with zero attached hydrogens (tertiary/aromatic N) is 4. The molecule has 4 rings (SSSR count). The quantitative estimate of drug-likeness (QED) is 0.625. The third-order valence-corrected chi connectivity index (χ3v) is 7.07. The van der Waals surface area contributed by atoms with E-state index in [9.17, 15) is 9.59 Å². The van der Waals surface area contributed by atoms with Crippen LogP contribution in [0.25, 0.3) is 0 Å². The number of aromatic nitrogens is 1. The number of piperidine rings is 1. The zero-order chi connectivity index (χ0) is 21.8. The van der Waals surface area contributed by atoms with E-state index in [4.69, 9.17) is 4.74 Å². The number of aryl methyl sites for hydroxylation is 1. The molecular formula is C24H36N4O3. The molecule has 0 radical (unpaired) electrons. The molecule has 0 atom stereocenters. The van der Waals surface area contributed by atoms with Gasteiger partial charge in [0.2, 0.25) is 0 Å². The second kappa shape index (κ2) is 9.65. The van der Waals surface area contributed by atoms with Crippen LogP contribution in [0.1, 0.15) is 51.5 Å².